The number of nitrogens with one attached hydrogen (secondary N) is 2. The summed E-state index contributed by atoms with van der Waals surface area (Å²) in [4.78, 5) is 8.60. The van der Waals surface area contributed by atoms with E-state index in [0.29, 0.717) is 12.4 Å². The van der Waals surface area contributed by atoms with Crippen LogP contribution in [0.25, 0.3) is 11.4 Å². The van der Waals surface area contributed by atoms with Gasteiger partial charge in [-0.15, -0.1) is 0 Å². The molecule has 3 aromatic rings. The summed E-state index contributed by atoms with van der Waals surface area (Å²) in [5, 5.41) is 10.7. The molecule has 0 aliphatic heterocycles. The summed E-state index contributed by atoms with van der Waals surface area (Å²) < 4.78 is 5.79. The Morgan fingerprint density at radius 3 is 2.92 bits per heavy atom. The second kappa shape index (κ2) is 8.92. The van der Waals surface area contributed by atoms with Crippen LogP contribution in [0.3, 0.4) is 0 Å². The second-order valence-electron chi connectivity index (χ2n) is 6.13. The highest BCUT2D eigenvalue weighted by atomic mass is 16.5. The van der Waals surface area contributed by atoms with Crippen molar-refractivity contribution < 1.29 is 4.74 Å². The first kappa shape index (κ1) is 17.8. The molecule has 0 unspecified atom stereocenters. The van der Waals surface area contributed by atoms with Gasteiger partial charge in [-0.3, -0.25) is 10.1 Å². The number of pyridine rings is 1. The van der Waals surface area contributed by atoms with Gasteiger partial charge in [0.05, 0.1) is 0 Å². The van der Waals surface area contributed by atoms with E-state index in [1.54, 1.807) is 12.4 Å². The standard InChI is InChI=1S/C20H23N5O/c1-15(2)14-26-18-8-4-3-6-16(18)12-22-11-9-19-23-20(25-24-19)17-7-5-10-21-13-17/h3-8,10,13,22H,1,9,11-12,14H2,2H3,(H,23,24,25). The molecule has 0 saturated heterocycles. The molecule has 0 fully saturated rings. The third-order valence-electron chi connectivity index (χ3n) is 3.75. The van der Waals surface area contributed by atoms with Gasteiger partial charge in [0.2, 0.25) is 0 Å². The average molecular weight is 349 g/mol. The molecule has 2 N–H and O–H groups in total. The molecule has 134 valence electrons. The third-order valence-corrected chi connectivity index (χ3v) is 3.75. The lowest BCUT2D eigenvalue weighted by Crippen LogP contribution is -2.18. The lowest BCUT2D eigenvalue weighted by atomic mass is 10.2. The van der Waals surface area contributed by atoms with Crippen molar-refractivity contribution in [2.24, 2.45) is 0 Å². The lowest BCUT2D eigenvalue weighted by Gasteiger charge is -2.12. The van der Waals surface area contributed by atoms with Crippen molar-refractivity contribution >= 4 is 0 Å². The van der Waals surface area contributed by atoms with Crippen LogP contribution in [0.5, 0.6) is 5.75 Å². The fraction of sp³-hybridized carbons (Fsp3) is 0.250. The fourth-order valence-corrected chi connectivity index (χ4v) is 2.45. The normalized spacial score (nSPS) is 10.7. The number of ether oxygens (including phenoxy) is 1. The van der Waals surface area contributed by atoms with Crippen LogP contribution in [-0.2, 0) is 13.0 Å². The van der Waals surface area contributed by atoms with Crippen LogP contribution in [0.15, 0.2) is 60.9 Å². The number of rotatable bonds is 9. The molecule has 0 aliphatic carbocycles. The van der Waals surface area contributed by atoms with Crippen molar-refractivity contribution in [1.29, 1.82) is 0 Å². The van der Waals surface area contributed by atoms with Crippen LogP contribution in [0.1, 0.15) is 18.3 Å². The van der Waals surface area contributed by atoms with E-state index >= 15 is 0 Å². The van der Waals surface area contributed by atoms with E-state index in [1.807, 2.05) is 37.3 Å². The lowest BCUT2D eigenvalue weighted by molar-refractivity contribution is 0.347. The van der Waals surface area contributed by atoms with Crippen molar-refractivity contribution in [1.82, 2.24) is 25.5 Å². The Kier molecular flexibility index (Phi) is 6.11. The maximum atomic E-state index is 5.79. The maximum absolute atomic E-state index is 5.79. The highest BCUT2D eigenvalue weighted by Gasteiger charge is 2.06. The van der Waals surface area contributed by atoms with E-state index < -0.39 is 0 Å². The van der Waals surface area contributed by atoms with Crippen LogP contribution >= 0.6 is 0 Å². The molecular weight excluding hydrogens is 326 g/mol. The minimum absolute atomic E-state index is 0.534. The topological polar surface area (TPSA) is 75.7 Å². The molecule has 0 saturated carbocycles. The van der Waals surface area contributed by atoms with Gasteiger partial charge in [-0.25, -0.2) is 4.98 Å². The summed E-state index contributed by atoms with van der Waals surface area (Å²) in [6.45, 7) is 7.88. The van der Waals surface area contributed by atoms with E-state index in [1.165, 1.54) is 0 Å². The molecule has 1 aromatic carbocycles. The first-order valence-corrected chi connectivity index (χ1v) is 8.60. The monoisotopic (exact) mass is 349 g/mol. The van der Waals surface area contributed by atoms with E-state index in [-0.39, 0.29) is 0 Å². The Balaban J connectivity index is 1.49. The van der Waals surface area contributed by atoms with Gasteiger partial charge in [-0.05, 0) is 30.7 Å². The summed E-state index contributed by atoms with van der Waals surface area (Å²) in [6, 6.07) is 11.9. The Morgan fingerprint density at radius 1 is 1.23 bits per heavy atom. The summed E-state index contributed by atoms with van der Waals surface area (Å²) >= 11 is 0. The van der Waals surface area contributed by atoms with Crippen LogP contribution < -0.4 is 10.1 Å². The minimum atomic E-state index is 0.534. The Bertz CT molecular complexity index is 844. The third kappa shape index (κ3) is 5.00. The molecule has 0 spiro atoms. The molecule has 2 aromatic heterocycles. The molecule has 0 atom stereocenters. The minimum Gasteiger partial charge on any atom is -0.489 e. The van der Waals surface area contributed by atoms with Crippen LogP contribution in [0, 0.1) is 0 Å². The highest BCUT2D eigenvalue weighted by molar-refractivity contribution is 5.52. The first-order chi connectivity index (χ1) is 12.7. The van der Waals surface area contributed by atoms with Gasteiger partial charge >= 0.3 is 0 Å². The summed E-state index contributed by atoms with van der Waals surface area (Å²) in [6.07, 6.45) is 4.26. The van der Waals surface area contributed by atoms with Gasteiger partial charge in [-0.1, -0.05) is 24.8 Å². The predicted molar refractivity (Wildman–Crippen MR) is 102 cm³/mol. The zero-order valence-electron chi connectivity index (χ0n) is 14.9. The van der Waals surface area contributed by atoms with Gasteiger partial charge in [0, 0.05) is 43.0 Å². The Hall–Kier alpha value is -2.99. The largest absolute Gasteiger partial charge is 0.489 e. The Labute approximate surface area is 153 Å². The van der Waals surface area contributed by atoms with Gasteiger partial charge in [-0.2, -0.15) is 5.10 Å². The van der Waals surface area contributed by atoms with Crippen molar-refractivity contribution in [3.8, 4) is 17.1 Å². The molecular formula is C20H23N5O. The van der Waals surface area contributed by atoms with Crippen LogP contribution in [0.2, 0.25) is 0 Å². The number of para-hydroxylation sites is 1. The number of nitrogens with zero attached hydrogens (tertiary/aromatic N) is 3. The number of benzene rings is 1. The molecule has 0 amide bonds. The van der Waals surface area contributed by atoms with Crippen molar-refractivity contribution in [2.45, 2.75) is 19.9 Å². The summed E-state index contributed by atoms with van der Waals surface area (Å²) in [7, 11) is 0. The number of aromatic amines is 1. The van der Waals surface area contributed by atoms with E-state index in [9.17, 15) is 0 Å². The average Bonchev–Trinajstić information content (AvgIpc) is 3.14. The molecule has 26 heavy (non-hydrogen) atoms. The smallest absolute Gasteiger partial charge is 0.182 e. The quantitative estimate of drug-likeness (QED) is 0.458. The molecule has 6 heteroatoms. The molecule has 6 nitrogen and oxygen atoms in total. The molecule has 2 heterocycles. The predicted octanol–water partition coefficient (Wildman–Crippen LogP) is 3.15. The van der Waals surface area contributed by atoms with Crippen molar-refractivity contribution in [3.05, 3.63) is 72.3 Å². The van der Waals surface area contributed by atoms with Crippen LogP contribution in [0.4, 0.5) is 0 Å². The summed E-state index contributed by atoms with van der Waals surface area (Å²) in [5.74, 6) is 2.41. The van der Waals surface area contributed by atoms with Crippen LogP contribution in [-0.4, -0.2) is 33.3 Å². The maximum Gasteiger partial charge on any atom is 0.182 e. The van der Waals surface area contributed by atoms with Gasteiger partial charge < -0.3 is 10.1 Å². The molecule has 3 rings (SSSR count). The molecule has 0 radical (unpaired) electrons. The van der Waals surface area contributed by atoms with E-state index in [0.717, 1.165) is 47.8 Å². The van der Waals surface area contributed by atoms with Crippen molar-refractivity contribution in [3.63, 3.8) is 0 Å². The summed E-state index contributed by atoms with van der Waals surface area (Å²) in [5.41, 5.74) is 3.04. The number of hydrogen-bond donors (Lipinski definition) is 2. The Morgan fingerprint density at radius 2 is 2.12 bits per heavy atom. The fourth-order valence-electron chi connectivity index (χ4n) is 2.45. The van der Waals surface area contributed by atoms with Gasteiger partial charge in [0.1, 0.15) is 18.2 Å². The zero-order chi connectivity index (χ0) is 18.2. The highest BCUT2D eigenvalue weighted by Crippen LogP contribution is 2.18. The number of H-pyrrole nitrogens is 1. The van der Waals surface area contributed by atoms with Crippen molar-refractivity contribution in [2.75, 3.05) is 13.2 Å². The molecule has 0 aliphatic rings. The van der Waals surface area contributed by atoms with E-state index in [2.05, 4.69) is 38.1 Å². The van der Waals surface area contributed by atoms with Gasteiger partial charge in [0.15, 0.2) is 5.82 Å². The number of hydrogen-bond acceptors (Lipinski definition) is 5. The van der Waals surface area contributed by atoms with Gasteiger partial charge in [0.25, 0.3) is 0 Å². The SMILES string of the molecule is C=C(C)COc1ccccc1CNCCc1nc(-c2cccnc2)n[nH]1. The number of aromatic nitrogens is 4. The zero-order valence-corrected chi connectivity index (χ0v) is 14.9. The van der Waals surface area contributed by atoms with E-state index in [4.69, 9.17) is 4.74 Å². The second-order valence-corrected chi connectivity index (χ2v) is 6.13. The molecule has 0 bridgehead atoms. The first-order valence-electron chi connectivity index (χ1n) is 8.60.